The lowest BCUT2D eigenvalue weighted by atomic mass is 10.2. The van der Waals surface area contributed by atoms with E-state index in [2.05, 4.69) is 15.2 Å². The number of pyridine rings is 1. The van der Waals surface area contributed by atoms with Crippen molar-refractivity contribution in [2.45, 2.75) is 30.6 Å². The number of thioether (sulfide) groups is 1. The zero-order valence-electron chi connectivity index (χ0n) is 17.8. The van der Waals surface area contributed by atoms with Crippen molar-refractivity contribution in [1.29, 1.82) is 0 Å². The molecule has 0 saturated heterocycles. The lowest BCUT2D eigenvalue weighted by molar-refractivity contribution is -0.129. The van der Waals surface area contributed by atoms with Gasteiger partial charge in [-0.3, -0.25) is 14.3 Å². The minimum Gasteiger partial charge on any atom is -0.335 e. The largest absolute Gasteiger partial charge is 0.335 e. The number of carbonyl (C=O) groups is 1. The summed E-state index contributed by atoms with van der Waals surface area (Å²) < 4.78 is 15.4. The first-order valence-electron chi connectivity index (χ1n) is 10.8. The molecule has 0 atom stereocenters. The molecule has 1 aliphatic rings. The Balaban J connectivity index is 1.39. The van der Waals surface area contributed by atoms with Gasteiger partial charge in [-0.1, -0.05) is 36.0 Å². The molecule has 0 spiro atoms. The van der Waals surface area contributed by atoms with Gasteiger partial charge in [0.05, 0.1) is 5.75 Å². The first-order chi connectivity index (χ1) is 16.2. The average Bonchev–Trinajstić information content (AvgIpc) is 3.61. The Kier molecular flexibility index (Phi) is 6.17. The lowest BCUT2D eigenvalue weighted by Gasteiger charge is -2.22. The van der Waals surface area contributed by atoms with E-state index in [9.17, 15) is 9.18 Å². The Morgan fingerprint density at radius 1 is 1.03 bits per heavy atom. The van der Waals surface area contributed by atoms with E-state index in [1.165, 1.54) is 23.9 Å². The molecule has 4 aromatic rings. The Bertz CT molecular complexity index is 1230. The van der Waals surface area contributed by atoms with Gasteiger partial charge in [0, 0.05) is 36.2 Å². The number of hydrogen-bond donors (Lipinski definition) is 0. The van der Waals surface area contributed by atoms with Crippen LogP contribution in [0.1, 0.15) is 18.4 Å². The number of carbonyl (C=O) groups excluding carboxylic acids is 1. The average molecular weight is 460 g/mol. The highest BCUT2D eigenvalue weighted by atomic mass is 32.2. The molecule has 1 saturated carbocycles. The fourth-order valence-electron chi connectivity index (χ4n) is 3.66. The van der Waals surface area contributed by atoms with E-state index < -0.39 is 0 Å². The molecule has 2 heterocycles. The first kappa shape index (κ1) is 21.3. The summed E-state index contributed by atoms with van der Waals surface area (Å²) in [6.07, 6.45) is 5.60. The summed E-state index contributed by atoms with van der Waals surface area (Å²) in [5, 5.41) is 9.35. The summed E-state index contributed by atoms with van der Waals surface area (Å²) in [7, 11) is 0. The van der Waals surface area contributed by atoms with Crippen LogP contribution >= 0.6 is 11.8 Å². The molecule has 8 heteroatoms. The van der Waals surface area contributed by atoms with Crippen molar-refractivity contribution in [3.63, 3.8) is 0 Å². The highest BCUT2D eigenvalue weighted by Gasteiger charge is 2.32. The predicted molar refractivity (Wildman–Crippen MR) is 125 cm³/mol. The van der Waals surface area contributed by atoms with Crippen molar-refractivity contribution in [2.24, 2.45) is 0 Å². The number of hydrogen-bond acceptors (Lipinski definition) is 5. The molecule has 0 radical (unpaired) electrons. The van der Waals surface area contributed by atoms with Gasteiger partial charge in [0.1, 0.15) is 5.82 Å². The van der Waals surface area contributed by atoms with Gasteiger partial charge in [0.2, 0.25) is 5.91 Å². The second-order valence-electron chi connectivity index (χ2n) is 7.89. The lowest BCUT2D eigenvalue weighted by Crippen LogP contribution is -2.34. The molecule has 6 nitrogen and oxygen atoms in total. The Hall–Kier alpha value is -3.52. The third kappa shape index (κ3) is 4.96. The number of benzene rings is 2. The van der Waals surface area contributed by atoms with Crippen LogP contribution in [-0.2, 0) is 11.3 Å². The highest BCUT2D eigenvalue weighted by molar-refractivity contribution is 7.99. The minimum atomic E-state index is -0.307. The number of nitrogens with zero attached hydrogens (tertiary/aromatic N) is 5. The highest BCUT2D eigenvalue weighted by Crippen LogP contribution is 2.31. The van der Waals surface area contributed by atoms with Crippen molar-refractivity contribution in [2.75, 3.05) is 5.75 Å². The molecule has 0 unspecified atom stereocenters. The first-order valence-corrected chi connectivity index (χ1v) is 11.8. The van der Waals surface area contributed by atoms with E-state index in [4.69, 9.17) is 0 Å². The van der Waals surface area contributed by atoms with E-state index in [0.717, 1.165) is 29.7 Å². The van der Waals surface area contributed by atoms with Gasteiger partial charge >= 0.3 is 0 Å². The van der Waals surface area contributed by atoms with Crippen LogP contribution in [0.4, 0.5) is 4.39 Å². The normalized spacial score (nSPS) is 13.1. The van der Waals surface area contributed by atoms with Gasteiger partial charge in [-0.05, 0) is 60.9 Å². The van der Waals surface area contributed by atoms with E-state index in [1.807, 2.05) is 51.9 Å². The van der Waals surface area contributed by atoms with Crippen LogP contribution in [0, 0.1) is 5.82 Å². The van der Waals surface area contributed by atoms with Gasteiger partial charge in [-0.15, -0.1) is 10.2 Å². The molecular formula is C25H22FN5OS. The smallest absolute Gasteiger partial charge is 0.233 e. The molecule has 5 rings (SSSR count). The van der Waals surface area contributed by atoms with Crippen molar-refractivity contribution < 1.29 is 9.18 Å². The van der Waals surface area contributed by atoms with Crippen LogP contribution in [0.2, 0.25) is 0 Å². The molecule has 33 heavy (non-hydrogen) atoms. The molecule has 1 fully saturated rings. The van der Waals surface area contributed by atoms with Crippen LogP contribution in [-0.4, -0.2) is 42.4 Å². The van der Waals surface area contributed by atoms with Gasteiger partial charge < -0.3 is 4.90 Å². The molecule has 1 amide bonds. The summed E-state index contributed by atoms with van der Waals surface area (Å²) in [4.78, 5) is 19.3. The summed E-state index contributed by atoms with van der Waals surface area (Å²) in [5.74, 6) is 0.617. The number of para-hydroxylation sites is 1. The molecule has 166 valence electrons. The summed E-state index contributed by atoms with van der Waals surface area (Å²) >= 11 is 1.36. The molecule has 0 aliphatic heterocycles. The van der Waals surface area contributed by atoms with Gasteiger partial charge in [0.25, 0.3) is 0 Å². The number of rotatable bonds is 8. The predicted octanol–water partition coefficient (Wildman–Crippen LogP) is 4.75. The van der Waals surface area contributed by atoms with Crippen LogP contribution in [0.15, 0.2) is 84.3 Å². The van der Waals surface area contributed by atoms with Crippen molar-refractivity contribution in [3.05, 3.63) is 90.5 Å². The van der Waals surface area contributed by atoms with E-state index >= 15 is 0 Å². The molecule has 0 bridgehead atoms. The zero-order valence-corrected chi connectivity index (χ0v) is 18.7. The Morgan fingerprint density at radius 3 is 2.52 bits per heavy atom. The van der Waals surface area contributed by atoms with E-state index in [1.54, 1.807) is 24.5 Å². The number of aromatic nitrogens is 4. The third-order valence-corrected chi connectivity index (χ3v) is 6.37. The van der Waals surface area contributed by atoms with Gasteiger partial charge in [-0.25, -0.2) is 4.39 Å². The van der Waals surface area contributed by atoms with Crippen molar-refractivity contribution in [3.8, 4) is 17.1 Å². The van der Waals surface area contributed by atoms with Crippen molar-refractivity contribution >= 4 is 17.7 Å². The second-order valence-corrected chi connectivity index (χ2v) is 8.83. The zero-order chi connectivity index (χ0) is 22.6. The van der Waals surface area contributed by atoms with Crippen LogP contribution in [0.5, 0.6) is 0 Å². The van der Waals surface area contributed by atoms with Gasteiger partial charge in [0.15, 0.2) is 11.0 Å². The van der Waals surface area contributed by atoms with E-state index in [-0.39, 0.29) is 17.5 Å². The van der Waals surface area contributed by atoms with Crippen LogP contribution in [0.25, 0.3) is 17.1 Å². The molecule has 0 N–H and O–H groups in total. The second kappa shape index (κ2) is 9.54. The topological polar surface area (TPSA) is 63.9 Å². The SMILES string of the molecule is O=C(CSc1nnc(-c2ccc(F)cc2)n1-c1ccccc1)N(Cc1cccnc1)C1CC1. The quantitative estimate of drug-likeness (QED) is 0.356. The van der Waals surface area contributed by atoms with Crippen LogP contribution < -0.4 is 0 Å². The van der Waals surface area contributed by atoms with Crippen molar-refractivity contribution in [1.82, 2.24) is 24.6 Å². The monoisotopic (exact) mass is 459 g/mol. The molecule has 2 aromatic heterocycles. The Labute approximate surface area is 195 Å². The number of amides is 1. The fourth-order valence-corrected chi connectivity index (χ4v) is 4.50. The minimum absolute atomic E-state index is 0.0669. The standard InChI is InChI=1S/C25H22FN5OS/c26-20-10-8-19(9-11-20)24-28-29-25(31(24)22-6-2-1-3-7-22)33-17-23(32)30(21-12-13-21)16-18-5-4-14-27-15-18/h1-11,14-15,21H,12-13,16-17H2. The maximum absolute atomic E-state index is 13.4. The summed E-state index contributed by atoms with van der Waals surface area (Å²) in [6, 6.07) is 20.1. The molecule has 2 aromatic carbocycles. The summed E-state index contributed by atoms with van der Waals surface area (Å²) in [6.45, 7) is 0.560. The molecular weight excluding hydrogens is 437 g/mol. The maximum atomic E-state index is 13.4. The Morgan fingerprint density at radius 2 is 1.82 bits per heavy atom. The fraction of sp³-hybridized carbons (Fsp3) is 0.200. The molecule has 1 aliphatic carbocycles. The van der Waals surface area contributed by atoms with Crippen LogP contribution in [0.3, 0.4) is 0 Å². The maximum Gasteiger partial charge on any atom is 0.233 e. The third-order valence-electron chi connectivity index (χ3n) is 5.46. The summed E-state index contributed by atoms with van der Waals surface area (Å²) in [5.41, 5.74) is 2.65. The van der Waals surface area contributed by atoms with E-state index in [0.29, 0.717) is 23.6 Å². The number of halogens is 1. The van der Waals surface area contributed by atoms with Gasteiger partial charge in [-0.2, -0.15) is 0 Å².